The molecular formula is C17H22N2O2S. The van der Waals surface area contributed by atoms with Crippen molar-refractivity contribution in [3.8, 4) is 0 Å². The maximum Gasteiger partial charge on any atom is 0.241 e. The lowest BCUT2D eigenvalue weighted by Gasteiger charge is -2.16. The molecule has 0 heterocycles. The van der Waals surface area contributed by atoms with Crippen molar-refractivity contribution in [3.63, 3.8) is 0 Å². The lowest BCUT2D eigenvalue weighted by Crippen LogP contribution is -2.32. The van der Waals surface area contributed by atoms with Gasteiger partial charge >= 0.3 is 0 Å². The first-order valence-corrected chi connectivity index (χ1v) is 8.67. The number of hydrogen-bond acceptors (Lipinski definition) is 3. The highest BCUT2D eigenvalue weighted by molar-refractivity contribution is 7.89. The van der Waals surface area contributed by atoms with Crippen molar-refractivity contribution in [1.82, 2.24) is 4.72 Å². The molecule has 1 atom stereocenters. The molecule has 118 valence electrons. The quantitative estimate of drug-likeness (QED) is 0.890. The van der Waals surface area contributed by atoms with Gasteiger partial charge < -0.3 is 5.73 Å². The Hall–Kier alpha value is -1.69. The molecule has 5 heteroatoms. The van der Waals surface area contributed by atoms with E-state index in [1.165, 1.54) is 0 Å². The Morgan fingerprint density at radius 2 is 1.59 bits per heavy atom. The van der Waals surface area contributed by atoms with Crippen LogP contribution in [0.5, 0.6) is 0 Å². The van der Waals surface area contributed by atoms with Crippen molar-refractivity contribution in [3.05, 3.63) is 64.7 Å². The number of nitrogens with one attached hydrogen (secondary N) is 1. The minimum Gasteiger partial charge on any atom is -0.323 e. The van der Waals surface area contributed by atoms with Gasteiger partial charge in [-0.15, -0.1) is 0 Å². The predicted molar refractivity (Wildman–Crippen MR) is 89.2 cm³/mol. The third-order valence-corrected chi connectivity index (χ3v) is 5.32. The SMILES string of the molecule is Cc1cc(C)c(S(=O)(=O)NCC(N)c2ccccc2)c(C)c1. The van der Waals surface area contributed by atoms with Crippen molar-refractivity contribution in [2.75, 3.05) is 6.54 Å². The molecule has 2 rings (SSSR count). The van der Waals surface area contributed by atoms with Crippen molar-refractivity contribution < 1.29 is 8.42 Å². The molecule has 2 aromatic rings. The molecular weight excluding hydrogens is 296 g/mol. The second kappa shape index (κ2) is 6.60. The Labute approximate surface area is 132 Å². The summed E-state index contributed by atoms with van der Waals surface area (Å²) >= 11 is 0. The summed E-state index contributed by atoms with van der Waals surface area (Å²) in [5, 5.41) is 0. The molecule has 0 saturated carbocycles. The molecule has 2 aromatic carbocycles. The Morgan fingerprint density at radius 3 is 2.14 bits per heavy atom. The number of hydrogen-bond donors (Lipinski definition) is 2. The molecule has 0 aromatic heterocycles. The average molecular weight is 318 g/mol. The van der Waals surface area contributed by atoms with Crippen LogP contribution >= 0.6 is 0 Å². The lowest BCUT2D eigenvalue weighted by molar-refractivity contribution is 0.571. The first kappa shape index (κ1) is 16.7. The van der Waals surface area contributed by atoms with E-state index in [2.05, 4.69) is 4.72 Å². The fourth-order valence-electron chi connectivity index (χ4n) is 2.68. The highest BCUT2D eigenvalue weighted by atomic mass is 32.2. The van der Waals surface area contributed by atoms with E-state index < -0.39 is 10.0 Å². The molecule has 1 unspecified atom stereocenters. The van der Waals surface area contributed by atoms with Gasteiger partial charge in [0.1, 0.15) is 0 Å². The van der Waals surface area contributed by atoms with E-state index in [1.807, 2.05) is 63.2 Å². The van der Waals surface area contributed by atoms with Gasteiger partial charge in [-0.3, -0.25) is 0 Å². The highest BCUT2D eigenvalue weighted by Gasteiger charge is 2.20. The molecule has 22 heavy (non-hydrogen) atoms. The Bertz CT molecular complexity index is 732. The summed E-state index contributed by atoms with van der Waals surface area (Å²) in [4.78, 5) is 0.346. The van der Waals surface area contributed by atoms with Crippen LogP contribution in [0.2, 0.25) is 0 Å². The number of rotatable bonds is 5. The molecule has 0 aliphatic carbocycles. The van der Waals surface area contributed by atoms with Crippen LogP contribution in [0.1, 0.15) is 28.3 Å². The summed E-state index contributed by atoms with van der Waals surface area (Å²) < 4.78 is 27.7. The van der Waals surface area contributed by atoms with Crippen LogP contribution < -0.4 is 10.5 Å². The maximum absolute atomic E-state index is 12.6. The van der Waals surface area contributed by atoms with Gasteiger partial charge in [-0.25, -0.2) is 13.1 Å². The smallest absolute Gasteiger partial charge is 0.241 e. The summed E-state index contributed by atoms with van der Waals surface area (Å²) in [7, 11) is -3.57. The Kier molecular flexibility index (Phi) is 5.01. The van der Waals surface area contributed by atoms with E-state index >= 15 is 0 Å². The van der Waals surface area contributed by atoms with Gasteiger partial charge in [-0.1, -0.05) is 48.0 Å². The van der Waals surface area contributed by atoms with Gasteiger partial charge in [-0.05, 0) is 37.5 Å². The number of sulfonamides is 1. The number of aryl methyl sites for hydroxylation is 3. The highest BCUT2D eigenvalue weighted by Crippen LogP contribution is 2.22. The van der Waals surface area contributed by atoms with Crippen molar-refractivity contribution in [2.45, 2.75) is 31.7 Å². The van der Waals surface area contributed by atoms with Crippen LogP contribution in [0.25, 0.3) is 0 Å². The van der Waals surface area contributed by atoms with E-state index in [0.717, 1.165) is 22.3 Å². The summed E-state index contributed by atoms with van der Waals surface area (Å²) in [6.07, 6.45) is 0. The first-order valence-electron chi connectivity index (χ1n) is 7.19. The fourth-order valence-corrected chi connectivity index (χ4v) is 4.19. The molecule has 0 fully saturated rings. The minimum absolute atomic E-state index is 0.166. The van der Waals surface area contributed by atoms with Gasteiger partial charge in [0.15, 0.2) is 0 Å². The normalized spacial score (nSPS) is 13.1. The third kappa shape index (κ3) is 3.74. The van der Waals surface area contributed by atoms with Gasteiger partial charge in [0.25, 0.3) is 0 Å². The van der Waals surface area contributed by atoms with Crippen LogP contribution in [-0.4, -0.2) is 15.0 Å². The zero-order valence-corrected chi connectivity index (χ0v) is 13.9. The minimum atomic E-state index is -3.57. The molecule has 0 amide bonds. The number of nitrogens with two attached hydrogens (primary N) is 1. The van der Waals surface area contributed by atoms with Gasteiger partial charge in [0.05, 0.1) is 4.90 Å². The van der Waals surface area contributed by atoms with E-state index in [0.29, 0.717) is 4.90 Å². The Morgan fingerprint density at radius 1 is 1.05 bits per heavy atom. The van der Waals surface area contributed by atoms with Gasteiger partial charge in [0, 0.05) is 12.6 Å². The van der Waals surface area contributed by atoms with Crippen LogP contribution in [0.3, 0.4) is 0 Å². The summed E-state index contributed by atoms with van der Waals surface area (Å²) in [6, 6.07) is 12.8. The topological polar surface area (TPSA) is 72.2 Å². The third-order valence-electron chi connectivity index (χ3n) is 3.59. The monoisotopic (exact) mass is 318 g/mol. The standard InChI is InChI=1S/C17H22N2O2S/c1-12-9-13(2)17(14(3)10-12)22(20,21)19-11-16(18)15-7-5-4-6-8-15/h4-10,16,19H,11,18H2,1-3H3. The molecule has 4 nitrogen and oxygen atoms in total. The van der Waals surface area contributed by atoms with Crippen LogP contribution in [-0.2, 0) is 10.0 Å². The fraction of sp³-hybridized carbons (Fsp3) is 0.294. The lowest BCUT2D eigenvalue weighted by atomic mass is 10.1. The van der Waals surface area contributed by atoms with Crippen LogP contribution in [0.4, 0.5) is 0 Å². The van der Waals surface area contributed by atoms with E-state index in [-0.39, 0.29) is 12.6 Å². The molecule has 0 radical (unpaired) electrons. The van der Waals surface area contributed by atoms with Gasteiger partial charge in [0.2, 0.25) is 10.0 Å². The van der Waals surface area contributed by atoms with Crippen molar-refractivity contribution in [2.24, 2.45) is 5.73 Å². The van der Waals surface area contributed by atoms with Crippen LogP contribution in [0.15, 0.2) is 47.4 Å². The molecule has 0 bridgehead atoms. The molecule has 0 spiro atoms. The predicted octanol–water partition coefficient (Wildman–Crippen LogP) is 2.59. The summed E-state index contributed by atoms with van der Waals surface area (Å²) in [5.41, 5.74) is 9.51. The molecule has 0 aliphatic heterocycles. The van der Waals surface area contributed by atoms with E-state index in [9.17, 15) is 8.42 Å². The molecule has 0 saturated heterocycles. The van der Waals surface area contributed by atoms with E-state index in [1.54, 1.807) is 0 Å². The molecule has 0 aliphatic rings. The largest absolute Gasteiger partial charge is 0.323 e. The maximum atomic E-state index is 12.6. The van der Waals surface area contributed by atoms with Gasteiger partial charge in [-0.2, -0.15) is 0 Å². The summed E-state index contributed by atoms with van der Waals surface area (Å²) in [6.45, 7) is 5.74. The summed E-state index contributed by atoms with van der Waals surface area (Å²) in [5.74, 6) is 0. The average Bonchev–Trinajstić information content (AvgIpc) is 2.44. The number of benzene rings is 2. The van der Waals surface area contributed by atoms with Crippen molar-refractivity contribution >= 4 is 10.0 Å². The molecule has 3 N–H and O–H groups in total. The zero-order valence-electron chi connectivity index (χ0n) is 13.1. The van der Waals surface area contributed by atoms with E-state index in [4.69, 9.17) is 5.73 Å². The Balaban J connectivity index is 2.19. The first-order chi connectivity index (χ1) is 10.3. The van der Waals surface area contributed by atoms with Crippen molar-refractivity contribution in [1.29, 1.82) is 0 Å². The van der Waals surface area contributed by atoms with Crippen LogP contribution in [0, 0.1) is 20.8 Å². The second-order valence-corrected chi connectivity index (χ2v) is 7.30. The second-order valence-electron chi connectivity index (χ2n) is 5.60. The zero-order chi connectivity index (χ0) is 16.3.